The number of aliphatic hydroxyl groups excluding tert-OH is 3. The summed E-state index contributed by atoms with van der Waals surface area (Å²) in [6.45, 7) is 3.69. The summed E-state index contributed by atoms with van der Waals surface area (Å²) in [5.74, 6) is -0.984. The summed E-state index contributed by atoms with van der Waals surface area (Å²) in [7, 11) is 0. The maximum absolute atomic E-state index is 11.0. The van der Waals surface area contributed by atoms with E-state index in [4.69, 9.17) is 14.6 Å². The van der Waals surface area contributed by atoms with Gasteiger partial charge in [-0.1, -0.05) is 39.0 Å². The molecule has 0 aromatic carbocycles. The standard InChI is InChI=1S/C16H30O7/c1-3-4-5-6-7-8-11(9-12(17)18)23-16-15(21)14(20)13(19)10(2)22-16/h10-11,13-16,19-21H,3-9H2,1-2H3,(H,17,18). The molecule has 23 heavy (non-hydrogen) atoms. The second kappa shape index (κ2) is 10.2. The van der Waals surface area contributed by atoms with Crippen molar-refractivity contribution in [3.63, 3.8) is 0 Å². The van der Waals surface area contributed by atoms with Gasteiger partial charge in [0, 0.05) is 0 Å². The van der Waals surface area contributed by atoms with Gasteiger partial charge in [-0.2, -0.15) is 0 Å². The van der Waals surface area contributed by atoms with E-state index in [0.717, 1.165) is 32.1 Å². The fourth-order valence-corrected chi connectivity index (χ4v) is 2.70. The van der Waals surface area contributed by atoms with Crippen LogP contribution >= 0.6 is 0 Å². The summed E-state index contributed by atoms with van der Waals surface area (Å²) in [4.78, 5) is 11.0. The van der Waals surface area contributed by atoms with Crippen LogP contribution in [0.15, 0.2) is 0 Å². The van der Waals surface area contributed by atoms with Crippen LogP contribution in [0.25, 0.3) is 0 Å². The second-order valence-corrected chi connectivity index (χ2v) is 6.24. The van der Waals surface area contributed by atoms with E-state index in [1.165, 1.54) is 0 Å². The molecular weight excluding hydrogens is 304 g/mol. The number of unbranched alkanes of at least 4 members (excludes halogenated alkanes) is 4. The third kappa shape index (κ3) is 6.73. The van der Waals surface area contributed by atoms with Crippen LogP contribution in [-0.4, -0.2) is 63.2 Å². The molecule has 4 N–H and O–H groups in total. The molecule has 6 atom stereocenters. The summed E-state index contributed by atoms with van der Waals surface area (Å²) >= 11 is 0. The van der Waals surface area contributed by atoms with Gasteiger partial charge in [0.2, 0.25) is 0 Å². The average molecular weight is 334 g/mol. The van der Waals surface area contributed by atoms with Gasteiger partial charge in [0.25, 0.3) is 0 Å². The Kier molecular flexibility index (Phi) is 9.01. The van der Waals surface area contributed by atoms with Crippen molar-refractivity contribution in [3.05, 3.63) is 0 Å². The monoisotopic (exact) mass is 334 g/mol. The fraction of sp³-hybridized carbons (Fsp3) is 0.938. The van der Waals surface area contributed by atoms with Gasteiger partial charge in [-0.15, -0.1) is 0 Å². The molecule has 0 spiro atoms. The minimum absolute atomic E-state index is 0.187. The topological polar surface area (TPSA) is 116 Å². The van der Waals surface area contributed by atoms with Crippen molar-refractivity contribution < 1.29 is 34.7 Å². The van der Waals surface area contributed by atoms with Crippen LogP contribution < -0.4 is 0 Å². The first-order chi connectivity index (χ1) is 10.9. The van der Waals surface area contributed by atoms with Crippen molar-refractivity contribution in [1.29, 1.82) is 0 Å². The lowest BCUT2D eigenvalue weighted by Crippen LogP contribution is -2.58. The van der Waals surface area contributed by atoms with Gasteiger partial charge in [-0.05, 0) is 13.3 Å². The predicted molar refractivity (Wildman–Crippen MR) is 82.9 cm³/mol. The normalized spacial score (nSPS) is 32.7. The lowest BCUT2D eigenvalue weighted by atomic mass is 9.99. The molecule has 0 bridgehead atoms. The zero-order valence-electron chi connectivity index (χ0n) is 13.9. The highest BCUT2D eigenvalue weighted by Gasteiger charge is 2.43. The summed E-state index contributed by atoms with van der Waals surface area (Å²) in [5, 5.41) is 38.4. The first kappa shape index (κ1) is 20.3. The van der Waals surface area contributed by atoms with Crippen molar-refractivity contribution in [2.75, 3.05) is 0 Å². The van der Waals surface area contributed by atoms with Crippen LogP contribution in [0.1, 0.15) is 58.8 Å². The Hall–Kier alpha value is -0.730. The van der Waals surface area contributed by atoms with Crippen LogP contribution in [0, 0.1) is 0 Å². The van der Waals surface area contributed by atoms with Crippen LogP contribution in [0.4, 0.5) is 0 Å². The van der Waals surface area contributed by atoms with E-state index < -0.39 is 42.8 Å². The molecule has 0 aromatic heterocycles. The number of aliphatic carboxylic acids is 1. The number of ether oxygens (including phenoxy) is 2. The molecule has 1 aliphatic rings. The molecule has 0 aromatic rings. The molecule has 1 saturated heterocycles. The highest BCUT2D eigenvalue weighted by Crippen LogP contribution is 2.24. The van der Waals surface area contributed by atoms with E-state index in [9.17, 15) is 20.1 Å². The number of carboxylic acid groups (broad SMARTS) is 1. The lowest BCUT2D eigenvalue weighted by Gasteiger charge is -2.40. The first-order valence-corrected chi connectivity index (χ1v) is 8.43. The van der Waals surface area contributed by atoms with Crippen molar-refractivity contribution in [1.82, 2.24) is 0 Å². The predicted octanol–water partition coefficient (Wildman–Crippen LogP) is 1.03. The van der Waals surface area contributed by atoms with Crippen molar-refractivity contribution in [2.45, 2.75) is 95.6 Å². The number of hydrogen-bond acceptors (Lipinski definition) is 6. The maximum Gasteiger partial charge on any atom is 0.305 e. The molecule has 0 aliphatic carbocycles. The summed E-state index contributed by atoms with van der Waals surface area (Å²) in [6, 6.07) is 0. The maximum atomic E-state index is 11.0. The average Bonchev–Trinajstić information content (AvgIpc) is 2.49. The smallest absolute Gasteiger partial charge is 0.305 e. The van der Waals surface area contributed by atoms with E-state index in [0.29, 0.717) is 6.42 Å². The first-order valence-electron chi connectivity index (χ1n) is 8.43. The van der Waals surface area contributed by atoms with Gasteiger partial charge in [-0.3, -0.25) is 4.79 Å². The highest BCUT2D eigenvalue weighted by atomic mass is 16.7. The van der Waals surface area contributed by atoms with Crippen LogP contribution in [0.5, 0.6) is 0 Å². The molecule has 0 radical (unpaired) electrons. The van der Waals surface area contributed by atoms with E-state index in [1.807, 2.05) is 0 Å². The molecule has 6 unspecified atom stereocenters. The Morgan fingerprint density at radius 1 is 1.09 bits per heavy atom. The molecule has 7 heteroatoms. The van der Waals surface area contributed by atoms with E-state index in [1.54, 1.807) is 6.92 Å². The Balaban J connectivity index is 2.52. The van der Waals surface area contributed by atoms with Gasteiger partial charge in [0.05, 0.1) is 18.6 Å². The van der Waals surface area contributed by atoms with Crippen molar-refractivity contribution >= 4 is 5.97 Å². The number of hydrogen-bond donors (Lipinski definition) is 4. The quantitative estimate of drug-likeness (QED) is 0.441. The molecule has 0 amide bonds. The minimum atomic E-state index is -1.41. The molecular formula is C16H30O7. The second-order valence-electron chi connectivity index (χ2n) is 6.24. The molecule has 1 fully saturated rings. The summed E-state index contributed by atoms with van der Waals surface area (Å²) in [5.41, 5.74) is 0. The SMILES string of the molecule is CCCCCCCC(CC(=O)O)OC1OC(C)C(O)C(O)C1O. The van der Waals surface area contributed by atoms with Crippen LogP contribution in [0.2, 0.25) is 0 Å². The molecule has 1 rings (SSSR count). The number of aliphatic hydroxyl groups is 3. The summed E-state index contributed by atoms with van der Waals surface area (Å²) < 4.78 is 10.9. The van der Waals surface area contributed by atoms with Gasteiger partial charge >= 0.3 is 5.97 Å². The minimum Gasteiger partial charge on any atom is -0.481 e. The summed E-state index contributed by atoms with van der Waals surface area (Å²) in [6.07, 6.45) is -0.829. The Morgan fingerprint density at radius 3 is 2.35 bits per heavy atom. The number of carbonyl (C=O) groups is 1. The van der Waals surface area contributed by atoms with Gasteiger partial charge in [0.15, 0.2) is 6.29 Å². The van der Waals surface area contributed by atoms with E-state index in [2.05, 4.69) is 6.92 Å². The highest BCUT2D eigenvalue weighted by molar-refractivity contribution is 5.67. The van der Waals surface area contributed by atoms with Crippen molar-refractivity contribution in [3.8, 4) is 0 Å². The lowest BCUT2D eigenvalue weighted by molar-refractivity contribution is -0.304. The van der Waals surface area contributed by atoms with E-state index in [-0.39, 0.29) is 6.42 Å². The third-order valence-corrected chi connectivity index (χ3v) is 4.17. The van der Waals surface area contributed by atoms with Crippen LogP contribution in [-0.2, 0) is 14.3 Å². The Labute approximate surface area is 137 Å². The Bertz CT molecular complexity index is 349. The zero-order chi connectivity index (χ0) is 17.4. The Morgan fingerprint density at radius 2 is 1.74 bits per heavy atom. The molecule has 7 nitrogen and oxygen atoms in total. The third-order valence-electron chi connectivity index (χ3n) is 4.17. The molecule has 136 valence electrons. The van der Waals surface area contributed by atoms with E-state index >= 15 is 0 Å². The molecule has 0 saturated carbocycles. The van der Waals surface area contributed by atoms with Gasteiger partial charge in [0.1, 0.15) is 18.3 Å². The van der Waals surface area contributed by atoms with Crippen LogP contribution in [0.3, 0.4) is 0 Å². The molecule has 1 heterocycles. The van der Waals surface area contributed by atoms with Crippen molar-refractivity contribution in [2.24, 2.45) is 0 Å². The largest absolute Gasteiger partial charge is 0.481 e. The number of carboxylic acids is 1. The molecule has 1 aliphatic heterocycles. The zero-order valence-corrected chi connectivity index (χ0v) is 13.9. The fourth-order valence-electron chi connectivity index (χ4n) is 2.70. The van der Waals surface area contributed by atoms with Gasteiger partial charge in [-0.25, -0.2) is 0 Å². The van der Waals surface area contributed by atoms with Gasteiger partial charge < -0.3 is 29.9 Å². The number of rotatable bonds is 10.